The van der Waals surface area contributed by atoms with Crippen LogP contribution in [0.5, 0.6) is 0 Å². The first-order valence-corrected chi connectivity index (χ1v) is 6.50. The molecule has 0 bridgehead atoms. The molecule has 1 aromatic rings. The Balaban J connectivity index is 2.25. The minimum absolute atomic E-state index is 0.0204. The minimum Gasteiger partial charge on any atom is -0.481 e. The summed E-state index contributed by atoms with van der Waals surface area (Å²) in [5.41, 5.74) is -0.415. The van der Waals surface area contributed by atoms with Gasteiger partial charge in [-0.15, -0.1) is 0 Å². The van der Waals surface area contributed by atoms with Gasteiger partial charge in [-0.25, -0.2) is 4.98 Å². The number of hydrogen-bond donors (Lipinski definition) is 1. The van der Waals surface area contributed by atoms with E-state index in [2.05, 4.69) is 4.98 Å². The summed E-state index contributed by atoms with van der Waals surface area (Å²) in [6.45, 7) is 4.45. The molecule has 1 unspecified atom stereocenters. The molecule has 2 heterocycles. The van der Waals surface area contributed by atoms with Crippen molar-refractivity contribution in [1.82, 2.24) is 4.98 Å². The van der Waals surface area contributed by atoms with Crippen LogP contribution >= 0.6 is 0 Å². The van der Waals surface area contributed by atoms with E-state index >= 15 is 0 Å². The van der Waals surface area contributed by atoms with Crippen molar-refractivity contribution in [3.05, 3.63) is 27.9 Å². The van der Waals surface area contributed by atoms with E-state index in [9.17, 15) is 20.0 Å². The molecular formula is C13H17N3O4. The topological polar surface area (TPSA) is 96.6 Å². The Morgan fingerprint density at radius 1 is 1.60 bits per heavy atom. The smallest absolute Gasteiger partial charge is 0.311 e. The van der Waals surface area contributed by atoms with E-state index in [1.54, 1.807) is 13.0 Å². The molecule has 7 nitrogen and oxygen atoms in total. The molecule has 1 saturated heterocycles. The van der Waals surface area contributed by atoms with Crippen molar-refractivity contribution in [2.45, 2.75) is 26.7 Å². The molecule has 108 valence electrons. The van der Waals surface area contributed by atoms with Gasteiger partial charge in [0.25, 0.3) is 5.69 Å². The Kier molecular flexibility index (Phi) is 3.61. The fourth-order valence-corrected chi connectivity index (χ4v) is 2.59. The van der Waals surface area contributed by atoms with Crippen LogP contribution in [0.2, 0.25) is 0 Å². The van der Waals surface area contributed by atoms with Gasteiger partial charge >= 0.3 is 5.97 Å². The summed E-state index contributed by atoms with van der Waals surface area (Å²) in [6.07, 6.45) is 1.13. The normalized spacial score (nSPS) is 22.0. The highest BCUT2D eigenvalue weighted by Crippen LogP contribution is 2.36. The summed E-state index contributed by atoms with van der Waals surface area (Å²) in [5.74, 6) is -0.189. The lowest BCUT2D eigenvalue weighted by atomic mass is 9.84. The number of aryl methyl sites for hydroxylation is 1. The lowest BCUT2D eigenvalue weighted by Crippen LogP contribution is -2.34. The van der Waals surface area contributed by atoms with E-state index in [0.717, 1.165) is 0 Å². The van der Waals surface area contributed by atoms with Crippen molar-refractivity contribution in [2.75, 3.05) is 18.0 Å². The number of carboxylic acid groups (broad SMARTS) is 1. The number of nitro groups is 1. The van der Waals surface area contributed by atoms with Crippen LogP contribution in [-0.4, -0.2) is 34.1 Å². The third-order valence-electron chi connectivity index (χ3n) is 4.05. The zero-order valence-corrected chi connectivity index (χ0v) is 11.5. The van der Waals surface area contributed by atoms with E-state index in [1.807, 2.05) is 11.8 Å². The van der Waals surface area contributed by atoms with Gasteiger partial charge in [0.15, 0.2) is 0 Å². The average molecular weight is 279 g/mol. The first-order valence-electron chi connectivity index (χ1n) is 6.50. The predicted molar refractivity (Wildman–Crippen MR) is 72.8 cm³/mol. The van der Waals surface area contributed by atoms with Crippen LogP contribution < -0.4 is 4.90 Å². The maximum atomic E-state index is 11.4. The van der Waals surface area contributed by atoms with E-state index in [-0.39, 0.29) is 5.69 Å². The van der Waals surface area contributed by atoms with Crippen LogP contribution in [0.4, 0.5) is 11.5 Å². The van der Waals surface area contributed by atoms with E-state index < -0.39 is 16.3 Å². The highest BCUT2D eigenvalue weighted by Gasteiger charge is 2.43. The molecule has 20 heavy (non-hydrogen) atoms. The van der Waals surface area contributed by atoms with Crippen LogP contribution in [0.25, 0.3) is 0 Å². The highest BCUT2D eigenvalue weighted by atomic mass is 16.6. The fourth-order valence-electron chi connectivity index (χ4n) is 2.59. The molecule has 1 atom stereocenters. The zero-order valence-electron chi connectivity index (χ0n) is 11.5. The fraction of sp³-hybridized carbons (Fsp3) is 0.538. The molecule has 7 heteroatoms. The summed E-state index contributed by atoms with van der Waals surface area (Å²) in [4.78, 5) is 27.8. The molecule has 1 N–H and O–H groups in total. The zero-order chi connectivity index (χ0) is 14.9. The van der Waals surface area contributed by atoms with E-state index in [0.29, 0.717) is 37.4 Å². The number of carbonyl (C=O) groups is 1. The van der Waals surface area contributed by atoms with Crippen molar-refractivity contribution in [3.63, 3.8) is 0 Å². The number of carboxylic acids is 1. The molecule has 0 aromatic carbocycles. The Morgan fingerprint density at radius 2 is 2.30 bits per heavy atom. The lowest BCUT2D eigenvalue weighted by molar-refractivity contribution is -0.385. The van der Waals surface area contributed by atoms with Crippen LogP contribution in [0.3, 0.4) is 0 Å². The van der Waals surface area contributed by atoms with Crippen molar-refractivity contribution in [1.29, 1.82) is 0 Å². The molecule has 0 amide bonds. The summed E-state index contributed by atoms with van der Waals surface area (Å²) in [7, 11) is 0. The second kappa shape index (κ2) is 5.07. The van der Waals surface area contributed by atoms with Gasteiger partial charge in [0.2, 0.25) is 0 Å². The van der Waals surface area contributed by atoms with Crippen molar-refractivity contribution in [3.8, 4) is 0 Å². The van der Waals surface area contributed by atoms with Crippen LogP contribution in [0.15, 0.2) is 12.1 Å². The van der Waals surface area contributed by atoms with Crippen molar-refractivity contribution < 1.29 is 14.8 Å². The summed E-state index contributed by atoms with van der Waals surface area (Å²) in [5, 5.41) is 20.1. The Hall–Kier alpha value is -2.18. The van der Waals surface area contributed by atoms with Gasteiger partial charge < -0.3 is 10.0 Å². The molecular weight excluding hydrogens is 262 g/mol. The van der Waals surface area contributed by atoms with Gasteiger partial charge in [-0.3, -0.25) is 14.9 Å². The average Bonchev–Trinajstić information content (AvgIpc) is 2.83. The van der Waals surface area contributed by atoms with Gasteiger partial charge in [0.1, 0.15) is 11.5 Å². The van der Waals surface area contributed by atoms with E-state index in [1.165, 1.54) is 6.07 Å². The SMILES string of the molecule is CCC1(C(=O)O)CCN(c2ccc([N+](=O)[O-])c(C)n2)C1. The van der Waals surface area contributed by atoms with Crippen molar-refractivity contribution >= 4 is 17.5 Å². The highest BCUT2D eigenvalue weighted by molar-refractivity contribution is 5.76. The third-order valence-corrected chi connectivity index (χ3v) is 4.05. The number of pyridine rings is 1. The van der Waals surface area contributed by atoms with Gasteiger partial charge in [-0.05, 0) is 25.8 Å². The quantitative estimate of drug-likeness (QED) is 0.668. The Labute approximate surface area is 116 Å². The largest absolute Gasteiger partial charge is 0.481 e. The van der Waals surface area contributed by atoms with Gasteiger partial charge in [0, 0.05) is 19.2 Å². The number of nitrogens with zero attached hydrogens (tertiary/aromatic N) is 3. The molecule has 2 rings (SSSR count). The number of rotatable bonds is 4. The molecule has 1 aromatic heterocycles. The predicted octanol–water partition coefficient (Wildman–Crippen LogP) is 1.99. The standard InChI is InChI=1S/C13H17N3O4/c1-3-13(12(17)18)6-7-15(8-13)11-5-4-10(16(19)20)9(2)14-11/h4-5H,3,6-8H2,1-2H3,(H,17,18). The number of aromatic nitrogens is 1. The summed E-state index contributed by atoms with van der Waals surface area (Å²) in [6, 6.07) is 3.00. The summed E-state index contributed by atoms with van der Waals surface area (Å²) >= 11 is 0. The molecule has 1 fully saturated rings. The lowest BCUT2D eigenvalue weighted by Gasteiger charge is -2.23. The third kappa shape index (κ3) is 2.31. The monoisotopic (exact) mass is 279 g/mol. The molecule has 0 radical (unpaired) electrons. The number of anilines is 1. The van der Waals surface area contributed by atoms with Crippen LogP contribution in [0, 0.1) is 22.5 Å². The molecule has 1 aliphatic heterocycles. The maximum Gasteiger partial charge on any atom is 0.311 e. The van der Waals surface area contributed by atoms with E-state index in [4.69, 9.17) is 0 Å². The number of aliphatic carboxylic acids is 1. The van der Waals surface area contributed by atoms with Gasteiger partial charge in [-0.2, -0.15) is 0 Å². The first-order chi connectivity index (χ1) is 9.39. The second-order valence-electron chi connectivity index (χ2n) is 5.14. The first kappa shape index (κ1) is 14.2. The molecule has 0 aliphatic carbocycles. The minimum atomic E-state index is -0.791. The van der Waals surface area contributed by atoms with Crippen LogP contribution in [0.1, 0.15) is 25.5 Å². The molecule has 0 spiro atoms. The van der Waals surface area contributed by atoms with Crippen LogP contribution in [-0.2, 0) is 4.79 Å². The van der Waals surface area contributed by atoms with Crippen molar-refractivity contribution in [2.24, 2.45) is 5.41 Å². The summed E-state index contributed by atoms with van der Waals surface area (Å²) < 4.78 is 0. The number of hydrogen-bond acceptors (Lipinski definition) is 5. The Bertz CT molecular complexity index is 561. The second-order valence-corrected chi connectivity index (χ2v) is 5.14. The van der Waals surface area contributed by atoms with Gasteiger partial charge in [-0.1, -0.05) is 6.92 Å². The van der Waals surface area contributed by atoms with Gasteiger partial charge in [0.05, 0.1) is 10.3 Å². The molecule has 1 aliphatic rings. The molecule has 0 saturated carbocycles. The maximum absolute atomic E-state index is 11.4. The Morgan fingerprint density at radius 3 is 2.75 bits per heavy atom.